The summed E-state index contributed by atoms with van der Waals surface area (Å²) >= 11 is 6.14. The second-order valence-electron chi connectivity index (χ2n) is 8.96. The van der Waals surface area contributed by atoms with Crippen LogP contribution >= 0.6 is 11.6 Å². The van der Waals surface area contributed by atoms with E-state index in [0.717, 1.165) is 43.5 Å². The Labute approximate surface area is 214 Å². The summed E-state index contributed by atoms with van der Waals surface area (Å²) in [6.45, 7) is 6.20. The van der Waals surface area contributed by atoms with Gasteiger partial charge < -0.3 is 15.1 Å². The van der Waals surface area contributed by atoms with Crippen LogP contribution in [-0.4, -0.2) is 40.7 Å². The topological polar surface area (TPSA) is 52.7 Å². The maximum atomic E-state index is 13.6. The summed E-state index contributed by atoms with van der Waals surface area (Å²) in [5.41, 5.74) is 1.78. The van der Waals surface area contributed by atoms with Crippen molar-refractivity contribution in [3.63, 3.8) is 0 Å². The second kappa shape index (κ2) is 13.7. The number of nitrogens with one attached hydrogen (secondary N) is 1. The Hall–Kier alpha value is -3.05. The van der Waals surface area contributed by atoms with Crippen molar-refractivity contribution in [2.24, 2.45) is 0 Å². The zero-order valence-corrected chi connectivity index (χ0v) is 21.5. The molecule has 0 saturated carbocycles. The summed E-state index contributed by atoms with van der Waals surface area (Å²) < 4.78 is 0. The monoisotopic (exact) mass is 493 g/mol. The third-order valence-corrected chi connectivity index (χ3v) is 6.46. The fourth-order valence-electron chi connectivity index (χ4n) is 4.40. The first-order valence-corrected chi connectivity index (χ1v) is 12.8. The van der Waals surface area contributed by atoms with Crippen molar-refractivity contribution >= 4 is 23.4 Å². The Bertz CT molecular complexity index is 1000. The number of hydrogen-bond donors (Lipinski definition) is 1. The lowest BCUT2D eigenvalue weighted by atomic mass is 9.99. The molecule has 2 unspecified atom stereocenters. The Morgan fingerprint density at radius 1 is 1.09 bits per heavy atom. The lowest BCUT2D eigenvalue weighted by Gasteiger charge is -2.36. The average molecular weight is 494 g/mol. The molecule has 0 aliphatic carbocycles. The molecule has 1 aliphatic rings. The van der Waals surface area contributed by atoms with E-state index in [-0.39, 0.29) is 17.9 Å². The maximum Gasteiger partial charge on any atom is 0.247 e. The Morgan fingerprint density at radius 3 is 2.49 bits per heavy atom. The highest BCUT2D eigenvalue weighted by Gasteiger charge is 2.34. The minimum absolute atomic E-state index is 0.00251. The van der Waals surface area contributed by atoms with Crippen LogP contribution < -0.4 is 5.32 Å². The molecule has 5 nitrogen and oxygen atoms in total. The highest BCUT2D eigenvalue weighted by Crippen LogP contribution is 2.28. The standard InChI is InChI=1S/C29H36ClN3O2/c1-3-11-23(2)33(27(34)14-10-21-32-19-8-5-9-20-32)28(25-15-17-26(30)18-16-25)29(35)31-22-24-12-6-4-7-13-24/h4-9,12-13,15-19,23,28H,3,10-11,14,20-22H2,1-2H3,(H,31,35). The van der Waals surface area contributed by atoms with Crippen LogP contribution in [0.1, 0.15) is 56.7 Å². The third kappa shape index (κ3) is 8.00. The summed E-state index contributed by atoms with van der Waals surface area (Å²) in [7, 11) is 0. The molecule has 2 aromatic carbocycles. The molecule has 186 valence electrons. The van der Waals surface area contributed by atoms with Gasteiger partial charge in [0.2, 0.25) is 11.8 Å². The first-order valence-electron chi connectivity index (χ1n) is 12.4. The molecule has 0 spiro atoms. The van der Waals surface area contributed by atoms with Crippen molar-refractivity contribution in [3.05, 3.63) is 95.2 Å². The molecule has 1 heterocycles. The zero-order valence-electron chi connectivity index (χ0n) is 20.7. The number of allylic oxidation sites excluding steroid dienone is 2. The predicted octanol–water partition coefficient (Wildman–Crippen LogP) is 5.88. The number of amides is 2. The van der Waals surface area contributed by atoms with Gasteiger partial charge in [0.15, 0.2) is 0 Å². The van der Waals surface area contributed by atoms with E-state index >= 15 is 0 Å². The summed E-state index contributed by atoms with van der Waals surface area (Å²) in [4.78, 5) is 31.2. The van der Waals surface area contributed by atoms with E-state index in [1.807, 2.05) is 61.5 Å². The fourth-order valence-corrected chi connectivity index (χ4v) is 4.53. The molecular formula is C29H36ClN3O2. The number of carbonyl (C=O) groups excluding carboxylic acids is 2. The van der Waals surface area contributed by atoms with Crippen LogP contribution in [0.2, 0.25) is 5.02 Å². The Morgan fingerprint density at radius 2 is 1.83 bits per heavy atom. The number of halogens is 1. The molecule has 3 rings (SSSR count). The van der Waals surface area contributed by atoms with E-state index in [4.69, 9.17) is 11.6 Å². The molecule has 0 fully saturated rings. The molecule has 2 amide bonds. The molecular weight excluding hydrogens is 458 g/mol. The molecule has 0 saturated heterocycles. The van der Waals surface area contributed by atoms with Gasteiger partial charge in [-0.3, -0.25) is 9.59 Å². The minimum atomic E-state index is -0.720. The van der Waals surface area contributed by atoms with E-state index in [2.05, 4.69) is 29.4 Å². The summed E-state index contributed by atoms with van der Waals surface area (Å²) in [5, 5.41) is 3.66. The minimum Gasteiger partial charge on any atom is -0.374 e. The van der Waals surface area contributed by atoms with Crippen molar-refractivity contribution < 1.29 is 9.59 Å². The van der Waals surface area contributed by atoms with Gasteiger partial charge in [-0.1, -0.05) is 79.6 Å². The van der Waals surface area contributed by atoms with Gasteiger partial charge in [-0.15, -0.1) is 0 Å². The SMILES string of the molecule is CCCC(C)N(C(=O)CCCN1C=CC=CC1)C(C(=O)NCc1ccccc1)c1ccc(Cl)cc1. The van der Waals surface area contributed by atoms with Gasteiger partial charge in [-0.05, 0) is 55.3 Å². The van der Waals surface area contributed by atoms with Gasteiger partial charge >= 0.3 is 0 Å². The Balaban J connectivity index is 1.80. The molecule has 2 atom stereocenters. The van der Waals surface area contributed by atoms with E-state index in [0.29, 0.717) is 18.0 Å². The van der Waals surface area contributed by atoms with Crippen LogP contribution in [0.5, 0.6) is 0 Å². The van der Waals surface area contributed by atoms with E-state index in [1.165, 1.54) is 0 Å². The largest absolute Gasteiger partial charge is 0.374 e. The number of nitrogens with zero attached hydrogens (tertiary/aromatic N) is 2. The normalized spacial score (nSPS) is 14.4. The molecule has 2 aromatic rings. The quantitative estimate of drug-likeness (QED) is 0.401. The van der Waals surface area contributed by atoms with Gasteiger partial charge in [0.1, 0.15) is 6.04 Å². The highest BCUT2D eigenvalue weighted by atomic mass is 35.5. The molecule has 1 aliphatic heterocycles. The van der Waals surface area contributed by atoms with Gasteiger partial charge in [-0.25, -0.2) is 0 Å². The Kier molecular flexibility index (Phi) is 10.4. The van der Waals surface area contributed by atoms with Gasteiger partial charge in [-0.2, -0.15) is 0 Å². The summed E-state index contributed by atoms with van der Waals surface area (Å²) in [6, 6.07) is 16.2. The van der Waals surface area contributed by atoms with Crippen molar-refractivity contribution in [1.29, 1.82) is 0 Å². The molecule has 0 bridgehead atoms. The van der Waals surface area contributed by atoms with Crippen LogP contribution in [0.4, 0.5) is 0 Å². The third-order valence-electron chi connectivity index (χ3n) is 6.21. The van der Waals surface area contributed by atoms with Crippen LogP contribution in [-0.2, 0) is 16.1 Å². The maximum absolute atomic E-state index is 13.6. The van der Waals surface area contributed by atoms with Crippen molar-refractivity contribution in [2.75, 3.05) is 13.1 Å². The predicted molar refractivity (Wildman–Crippen MR) is 143 cm³/mol. The van der Waals surface area contributed by atoms with Crippen LogP contribution in [0.3, 0.4) is 0 Å². The fraction of sp³-hybridized carbons (Fsp3) is 0.379. The molecule has 35 heavy (non-hydrogen) atoms. The lowest BCUT2D eigenvalue weighted by Crippen LogP contribution is -2.47. The zero-order chi connectivity index (χ0) is 25.0. The van der Waals surface area contributed by atoms with Crippen molar-refractivity contribution in [3.8, 4) is 0 Å². The first-order chi connectivity index (χ1) is 17.0. The van der Waals surface area contributed by atoms with Crippen molar-refractivity contribution in [1.82, 2.24) is 15.1 Å². The summed E-state index contributed by atoms with van der Waals surface area (Å²) in [6.07, 6.45) is 11.1. The first kappa shape index (κ1) is 26.6. The highest BCUT2D eigenvalue weighted by molar-refractivity contribution is 6.30. The van der Waals surface area contributed by atoms with E-state index in [9.17, 15) is 9.59 Å². The molecule has 6 heteroatoms. The molecule has 0 radical (unpaired) electrons. The van der Waals surface area contributed by atoms with Crippen LogP contribution in [0.15, 0.2) is 79.0 Å². The van der Waals surface area contributed by atoms with Crippen molar-refractivity contribution in [2.45, 2.75) is 58.2 Å². The van der Waals surface area contributed by atoms with Gasteiger partial charge in [0.25, 0.3) is 0 Å². The summed E-state index contributed by atoms with van der Waals surface area (Å²) in [5.74, 6) is -0.186. The molecule has 1 N–H and O–H groups in total. The smallest absolute Gasteiger partial charge is 0.247 e. The average Bonchev–Trinajstić information content (AvgIpc) is 2.87. The lowest BCUT2D eigenvalue weighted by molar-refractivity contribution is -0.143. The molecule has 0 aromatic heterocycles. The number of carbonyl (C=O) groups is 2. The number of hydrogen-bond acceptors (Lipinski definition) is 3. The van der Waals surface area contributed by atoms with Crippen LogP contribution in [0.25, 0.3) is 0 Å². The second-order valence-corrected chi connectivity index (χ2v) is 9.40. The van der Waals surface area contributed by atoms with E-state index < -0.39 is 6.04 Å². The number of rotatable bonds is 12. The van der Waals surface area contributed by atoms with Gasteiger partial charge in [0, 0.05) is 37.1 Å². The van der Waals surface area contributed by atoms with Crippen LogP contribution in [0, 0.1) is 0 Å². The number of benzene rings is 2. The van der Waals surface area contributed by atoms with Gasteiger partial charge in [0.05, 0.1) is 0 Å². The van der Waals surface area contributed by atoms with E-state index in [1.54, 1.807) is 17.0 Å².